The van der Waals surface area contributed by atoms with Crippen LogP contribution in [0.5, 0.6) is 5.75 Å². The number of carbonyl (C=O) groups excluding carboxylic acids is 2. The lowest BCUT2D eigenvalue weighted by molar-refractivity contribution is -0.889. The molecule has 0 radical (unpaired) electrons. The van der Waals surface area contributed by atoms with Gasteiger partial charge in [-0.15, -0.1) is 0 Å². The van der Waals surface area contributed by atoms with Crippen LogP contribution in [0.15, 0.2) is 35.5 Å². The lowest BCUT2D eigenvalue weighted by Crippen LogP contribution is -3.08. The van der Waals surface area contributed by atoms with Gasteiger partial charge in [0.15, 0.2) is 0 Å². The summed E-state index contributed by atoms with van der Waals surface area (Å²) in [5.41, 5.74) is 2.30. The molecule has 1 aromatic rings. The molecular weight excluding hydrogens is 346 g/mol. The van der Waals surface area contributed by atoms with Gasteiger partial charge in [0.25, 0.3) is 0 Å². The van der Waals surface area contributed by atoms with Crippen LogP contribution in [0.2, 0.25) is 0 Å². The van der Waals surface area contributed by atoms with Gasteiger partial charge < -0.3 is 25.0 Å². The first kappa shape index (κ1) is 20.8. The Bertz CT molecular complexity index is 685. The average molecular weight is 376 g/mol. The molecule has 3 N–H and O–H groups in total. The maximum atomic E-state index is 12.4. The molecule has 0 spiro atoms. The highest BCUT2D eigenvalue weighted by Gasteiger charge is 2.32. The Morgan fingerprint density at radius 2 is 1.81 bits per heavy atom. The fraction of sp³-hybridized carbons (Fsp3) is 0.500. The Hall–Kier alpha value is -2.54. The summed E-state index contributed by atoms with van der Waals surface area (Å²) in [6.45, 7) is 7.88. The Morgan fingerprint density at radius 1 is 1.11 bits per heavy atom. The summed E-state index contributed by atoms with van der Waals surface area (Å²) >= 11 is 0. The molecule has 7 heteroatoms. The van der Waals surface area contributed by atoms with Crippen LogP contribution in [0.4, 0.5) is 4.79 Å². The van der Waals surface area contributed by atoms with Gasteiger partial charge in [-0.2, -0.15) is 0 Å². The number of hydrogen-bond donors (Lipinski definition) is 3. The van der Waals surface area contributed by atoms with E-state index in [1.165, 1.54) is 0 Å². The zero-order chi connectivity index (χ0) is 19.8. The van der Waals surface area contributed by atoms with Crippen LogP contribution in [0, 0.1) is 0 Å². The summed E-state index contributed by atoms with van der Waals surface area (Å²) in [6, 6.07) is 7.37. The molecule has 2 amide bonds. The van der Waals surface area contributed by atoms with Gasteiger partial charge in [0.1, 0.15) is 18.8 Å². The molecule has 2 rings (SSSR count). The minimum absolute atomic E-state index is 0.279. The van der Waals surface area contributed by atoms with Crippen molar-refractivity contribution in [3.8, 4) is 5.75 Å². The average Bonchev–Trinajstić information content (AvgIpc) is 2.63. The third-order valence-corrected chi connectivity index (χ3v) is 4.37. The predicted molar refractivity (Wildman–Crippen MR) is 102 cm³/mol. The molecular formula is C20H30N3O4+. The number of carbonyl (C=O) groups is 2. The monoisotopic (exact) mass is 376 g/mol. The predicted octanol–water partition coefficient (Wildman–Crippen LogP) is 1.01. The molecule has 1 aliphatic heterocycles. The largest absolute Gasteiger partial charge is 0.494 e. The highest BCUT2D eigenvalue weighted by Crippen LogP contribution is 2.16. The Morgan fingerprint density at radius 3 is 2.41 bits per heavy atom. The number of esters is 1. The second-order valence-electron chi connectivity index (χ2n) is 6.56. The summed E-state index contributed by atoms with van der Waals surface area (Å²) in [7, 11) is 2.03. The highest BCUT2D eigenvalue weighted by atomic mass is 16.5. The van der Waals surface area contributed by atoms with Gasteiger partial charge >= 0.3 is 12.0 Å². The molecule has 1 heterocycles. The van der Waals surface area contributed by atoms with Crippen molar-refractivity contribution in [3.05, 3.63) is 41.1 Å². The molecule has 0 aliphatic carbocycles. The molecule has 27 heavy (non-hydrogen) atoms. The van der Waals surface area contributed by atoms with Crippen molar-refractivity contribution in [2.45, 2.75) is 39.8 Å². The normalized spacial score (nSPS) is 17.8. The molecule has 0 saturated heterocycles. The van der Waals surface area contributed by atoms with E-state index in [-0.39, 0.29) is 18.0 Å². The molecule has 2 atom stereocenters. The van der Waals surface area contributed by atoms with E-state index in [4.69, 9.17) is 9.47 Å². The van der Waals surface area contributed by atoms with E-state index in [0.29, 0.717) is 37.4 Å². The van der Waals surface area contributed by atoms with Gasteiger partial charge in [0.05, 0.1) is 37.6 Å². The molecule has 1 aromatic carbocycles. The van der Waals surface area contributed by atoms with E-state index in [1.807, 2.05) is 45.2 Å². The van der Waals surface area contributed by atoms with Crippen molar-refractivity contribution in [2.75, 3.05) is 26.8 Å². The first-order valence-electron chi connectivity index (χ1n) is 9.49. The van der Waals surface area contributed by atoms with Crippen LogP contribution in [0.25, 0.3) is 0 Å². The fourth-order valence-corrected chi connectivity index (χ4v) is 3.18. The van der Waals surface area contributed by atoms with Gasteiger partial charge in [-0.1, -0.05) is 6.92 Å². The van der Waals surface area contributed by atoms with Crippen molar-refractivity contribution < 1.29 is 24.0 Å². The standard InChI is InChI=1S/C20H29N3O4/c1-5-16-18(19(24)27-7-3)17(22-20(25)21-16)13-23(4)12-14-8-10-15(11-9-14)26-6-2/h8-11,16H,5-7,12-13H2,1-4H3,(H2,21,22,25)/p+1/t16-/m1/s1. The Labute approximate surface area is 160 Å². The number of urea groups is 1. The van der Waals surface area contributed by atoms with Gasteiger partial charge in [0, 0.05) is 5.56 Å². The summed E-state index contributed by atoms with van der Waals surface area (Å²) < 4.78 is 10.7. The van der Waals surface area contributed by atoms with E-state index >= 15 is 0 Å². The first-order valence-corrected chi connectivity index (χ1v) is 9.49. The van der Waals surface area contributed by atoms with Crippen LogP contribution in [0.1, 0.15) is 32.8 Å². The Kier molecular flexibility index (Phi) is 7.67. The summed E-state index contributed by atoms with van der Waals surface area (Å²) in [4.78, 5) is 25.6. The topological polar surface area (TPSA) is 81.1 Å². The third kappa shape index (κ3) is 5.72. The van der Waals surface area contributed by atoms with Crippen LogP contribution < -0.4 is 20.3 Å². The fourth-order valence-electron chi connectivity index (χ4n) is 3.18. The minimum Gasteiger partial charge on any atom is -0.494 e. The van der Waals surface area contributed by atoms with Crippen LogP contribution in [-0.4, -0.2) is 44.8 Å². The maximum Gasteiger partial charge on any atom is 0.338 e. The SMILES string of the molecule is CCOC(=O)C1=C(C[NH+](C)Cc2ccc(OCC)cc2)NC(=O)N[C@@H]1CC. The summed E-state index contributed by atoms with van der Waals surface area (Å²) in [5, 5.41) is 5.60. The van der Waals surface area contributed by atoms with E-state index < -0.39 is 0 Å². The first-order chi connectivity index (χ1) is 13.0. The second kappa shape index (κ2) is 9.97. The zero-order valence-electron chi connectivity index (χ0n) is 16.6. The lowest BCUT2D eigenvalue weighted by Gasteiger charge is -2.29. The number of amides is 2. The number of ether oxygens (including phenoxy) is 2. The zero-order valence-corrected chi connectivity index (χ0v) is 16.6. The molecule has 0 bridgehead atoms. The van der Waals surface area contributed by atoms with E-state index in [2.05, 4.69) is 10.6 Å². The minimum atomic E-state index is -0.374. The van der Waals surface area contributed by atoms with Gasteiger partial charge in [-0.25, -0.2) is 9.59 Å². The number of benzene rings is 1. The van der Waals surface area contributed by atoms with E-state index in [1.54, 1.807) is 6.92 Å². The van der Waals surface area contributed by atoms with Gasteiger partial charge in [-0.3, -0.25) is 0 Å². The van der Waals surface area contributed by atoms with Gasteiger partial charge in [-0.05, 0) is 44.5 Å². The molecule has 0 aromatic heterocycles. The number of hydrogen-bond acceptors (Lipinski definition) is 4. The van der Waals surface area contributed by atoms with Crippen LogP contribution in [-0.2, 0) is 16.1 Å². The number of quaternary nitrogens is 1. The van der Waals surface area contributed by atoms with Crippen molar-refractivity contribution in [1.29, 1.82) is 0 Å². The van der Waals surface area contributed by atoms with Crippen molar-refractivity contribution in [2.24, 2.45) is 0 Å². The van der Waals surface area contributed by atoms with Gasteiger partial charge in [0.2, 0.25) is 0 Å². The Balaban J connectivity index is 2.14. The molecule has 1 unspecified atom stereocenters. The highest BCUT2D eigenvalue weighted by molar-refractivity contribution is 5.94. The van der Waals surface area contributed by atoms with Crippen molar-refractivity contribution in [1.82, 2.24) is 10.6 Å². The number of rotatable bonds is 9. The lowest BCUT2D eigenvalue weighted by atomic mass is 10.00. The van der Waals surface area contributed by atoms with E-state index in [9.17, 15) is 9.59 Å². The smallest absolute Gasteiger partial charge is 0.338 e. The van der Waals surface area contributed by atoms with Crippen molar-refractivity contribution >= 4 is 12.0 Å². The molecule has 148 valence electrons. The second-order valence-corrected chi connectivity index (χ2v) is 6.56. The van der Waals surface area contributed by atoms with Crippen LogP contribution in [0.3, 0.4) is 0 Å². The third-order valence-electron chi connectivity index (χ3n) is 4.37. The molecule has 7 nitrogen and oxygen atoms in total. The molecule has 0 fully saturated rings. The van der Waals surface area contributed by atoms with Crippen molar-refractivity contribution in [3.63, 3.8) is 0 Å². The van der Waals surface area contributed by atoms with E-state index in [0.717, 1.165) is 22.8 Å². The number of nitrogens with one attached hydrogen (secondary N) is 3. The molecule has 0 saturated carbocycles. The maximum absolute atomic E-state index is 12.4. The molecule has 1 aliphatic rings. The summed E-state index contributed by atoms with van der Waals surface area (Å²) in [6.07, 6.45) is 0.628. The number of likely N-dealkylation sites (N-methyl/N-ethyl adjacent to an activating group) is 1. The van der Waals surface area contributed by atoms with Crippen LogP contribution >= 0.6 is 0 Å². The quantitative estimate of drug-likeness (QED) is 0.562. The summed E-state index contributed by atoms with van der Waals surface area (Å²) in [5.74, 6) is 0.475.